The van der Waals surface area contributed by atoms with E-state index in [4.69, 9.17) is 4.74 Å². The lowest BCUT2D eigenvalue weighted by atomic mass is 9.97. The van der Waals surface area contributed by atoms with Gasteiger partial charge in [-0.15, -0.1) is 0 Å². The molecule has 1 aliphatic heterocycles. The van der Waals surface area contributed by atoms with E-state index >= 15 is 0 Å². The molecule has 29 heavy (non-hydrogen) atoms. The van der Waals surface area contributed by atoms with E-state index in [1.165, 1.54) is 6.33 Å². The third-order valence-electron chi connectivity index (χ3n) is 5.10. The normalized spacial score (nSPS) is 24.9. The summed E-state index contributed by atoms with van der Waals surface area (Å²) in [5.74, 6) is 0.647. The minimum Gasteiger partial charge on any atom is -0.394 e. The van der Waals surface area contributed by atoms with Gasteiger partial charge in [-0.25, -0.2) is 15.0 Å². The molecule has 0 saturated carbocycles. The van der Waals surface area contributed by atoms with Crippen LogP contribution in [0.3, 0.4) is 0 Å². The molecule has 1 fully saturated rings. The lowest BCUT2D eigenvalue weighted by molar-refractivity contribution is -0.114. The number of rotatable bonds is 5. The maximum atomic E-state index is 10.5. The monoisotopic (exact) mass is 397 g/mol. The number of ether oxygens (including phenoxy) is 1. The van der Waals surface area contributed by atoms with E-state index in [-0.39, 0.29) is 12.1 Å². The highest BCUT2D eigenvalue weighted by Gasteiger charge is 2.48. The molecule has 0 amide bonds. The van der Waals surface area contributed by atoms with Crippen LogP contribution in [0.4, 0.5) is 5.82 Å². The molecule has 3 heterocycles. The summed E-state index contributed by atoms with van der Waals surface area (Å²) < 4.78 is 8.11. The predicted molar refractivity (Wildman–Crippen MR) is 109 cm³/mol. The topological polar surface area (TPSA) is 105 Å². The van der Waals surface area contributed by atoms with Crippen molar-refractivity contribution in [2.75, 3.05) is 11.9 Å². The molecule has 1 saturated heterocycles. The average Bonchev–Trinajstić information content (AvgIpc) is 3.24. The fourth-order valence-corrected chi connectivity index (χ4v) is 3.87. The summed E-state index contributed by atoms with van der Waals surface area (Å²) in [6, 6.07) is 9.94. The van der Waals surface area contributed by atoms with Gasteiger partial charge in [0.2, 0.25) is 0 Å². The van der Waals surface area contributed by atoms with Gasteiger partial charge in [0, 0.05) is 18.4 Å². The molecule has 0 radical (unpaired) electrons. The Balaban J connectivity index is 1.81. The number of nitrogens with one attached hydrogen (secondary N) is 1. The Morgan fingerprint density at radius 1 is 1.21 bits per heavy atom. The third kappa shape index (κ3) is 3.83. The second-order valence-corrected chi connectivity index (χ2v) is 8.60. The van der Waals surface area contributed by atoms with Gasteiger partial charge in [0.05, 0.1) is 19.0 Å². The van der Waals surface area contributed by atoms with E-state index < -0.39 is 17.9 Å². The zero-order valence-corrected chi connectivity index (χ0v) is 16.9. The van der Waals surface area contributed by atoms with Crippen LogP contribution in [-0.2, 0) is 16.9 Å². The Labute approximate surface area is 169 Å². The smallest absolute Gasteiger partial charge is 0.167 e. The first-order valence-electron chi connectivity index (χ1n) is 9.79. The molecule has 4 rings (SSSR count). The molecule has 0 aliphatic carbocycles. The van der Waals surface area contributed by atoms with Crippen molar-refractivity contribution in [2.45, 2.75) is 57.1 Å². The van der Waals surface area contributed by atoms with Crippen LogP contribution in [0, 0.1) is 0 Å². The first kappa shape index (κ1) is 19.8. The average molecular weight is 397 g/mol. The van der Waals surface area contributed by atoms with Crippen LogP contribution in [0.15, 0.2) is 43.0 Å². The molecule has 0 bridgehead atoms. The molecule has 3 atom stereocenters. The minimum absolute atomic E-state index is 0.186. The molecule has 0 spiro atoms. The molecular weight excluding hydrogens is 370 g/mol. The van der Waals surface area contributed by atoms with Crippen molar-refractivity contribution in [1.29, 1.82) is 0 Å². The number of aliphatic hydroxyl groups excluding tert-OH is 2. The molecule has 2 aromatic heterocycles. The van der Waals surface area contributed by atoms with Crippen LogP contribution in [0.25, 0.3) is 11.2 Å². The summed E-state index contributed by atoms with van der Waals surface area (Å²) in [6.45, 7) is 5.90. The highest BCUT2D eigenvalue weighted by molar-refractivity contribution is 5.83. The SMILES string of the molecule is CC(C)(C)Nc1ncnc2c1ncn2[C@@]1(Cc2ccccc2)C[C@H](O)[C@@H](CO)O1. The van der Waals surface area contributed by atoms with Gasteiger partial charge >= 0.3 is 0 Å². The Hall–Kier alpha value is -2.55. The number of fused-ring (bicyclic) bond motifs is 1. The van der Waals surface area contributed by atoms with E-state index in [9.17, 15) is 10.2 Å². The number of benzene rings is 1. The van der Waals surface area contributed by atoms with E-state index in [2.05, 4.69) is 41.0 Å². The number of anilines is 1. The second kappa shape index (κ2) is 7.37. The van der Waals surface area contributed by atoms with Crippen LogP contribution >= 0.6 is 0 Å². The quantitative estimate of drug-likeness (QED) is 0.605. The molecule has 8 nitrogen and oxygen atoms in total. The number of nitrogens with zero attached hydrogens (tertiary/aromatic N) is 4. The van der Waals surface area contributed by atoms with Crippen LogP contribution in [0.2, 0.25) is 0 Å². The Bertz CT molecular complexity index is 985. The summed E-state index contributed by atoms with van der Waals surface area (Å²) in [6.07, 6.45) is 2.58. The number of hydrogen-bond acceptors (Lipinski definition) is 7. The zero-order valence-electron chi connectivity index (χ0n) is 16.9. The highest BCUT2D eigenvalue weighted by atomic mass is 16.6. The molecule has 8 heteroatoms. The van der Waals surface area contributed by atoms with Gasteiger partial charge in [-0.05, 0) is 26.3 Å². The number of aliphatic hydroxyl groups is 2. The van der Waals surface area contributed by atoms with Gasteiger partial charge in [-0.2, -0.15) is 0 Å². The summed E-state index contributed by atoms with van der Waals surface area (Å²) in [4.78, 5) is 13.4. The third-order valence-corrected chi connectivity index (χ3v) is 5.10. The second-order valence-electron chi connectivity index (χ2n) is 8.60. The van der Waals surface area contributed by atoms with Crippen LogP contribution in [0.1, 0.15) is 32.8 Å². The fraction of sp³-hybridized carbons (Fsp3) is 0.476. The Kier molecular flexibility index (Phi) is 5.02. The van der Waals surface area contributed by atoms with Crippen LogP contribution in [-0.4, -0.2) is 54.1 Å². The first-order valence-corrected chi connectivity index (χ1v) is 9.79. The van der Waals surface area contributed by atoms with E-state index in [0.29, 0.717) is 29.8 Å². The Morgan fingerprint density at radius 3 is 2.62 bits per heavy atom. The van der Waals surface area contributed by atoms with Crippen molar-refractivity contribution in [2.24, 2.45) is 0 Å². The van der Waals surface area contributed by atoms with Gasteiger partial charge < -0.3 is 20.3 Å². The highest BCUT2D eigenvalue weighted by Crippen LogP contribution is 2.40. The van der Waals surface area contributed by atoms with Crippen molar-refractivity contribution in [3.05, 3.63) is 48.5 Å². The van der Waals surface area contributed by atoms with Crippen LogP contribution in [0.5, 0.6) is 0 Å². The van der Waals surface area contributed by atoms with Gasteiger partial charge in [0.15, 0.2) is 22.7 Å². The number of imidazole rings is 1. The molecular formula is C21H27N5O3. The van der Waals surface area contributed by atoms with Gasteiger partial charge in [0.25, 0.3) is 0 Å². The van der Waals surface area contributed by atoms with Crippen molar-refractivity contribution < 1.29 is 14.9 Å². The van der Waals surface area contributed by atoms with Crippen molar-refractivity contribution >= 4 is 17.0 Å². The largest absolute Gasteiger partial charge is 0.394 e. The van der Waals surface area contributed by atoms with Crippen LogP contribution < -0.4 is 5.32 Å². The zero-order chi connectivity index (χ0) is 20.6. The molecule has 1 aliphatic rings. The minimum atomic E-state index is -0.906. The van der Waals surface area contributed by atoms with Crippen molar-refractivity contribution in [3.63, 3.8) is 0 Å². The van der Waals surface area contributed by atoms with Crippen molar-refractivity contribution in [3.8, 4) is 0 Å². The summed E-state index contributed by atoms with van der Waals surface area (Å²) in [5.41, 5.74) is 1.22. The first-order chi connectivity index (χ1) is 13.8. The number of hydrogen-bond donors (Lipinski definition) is 3. The fourth-order valence-electron chi connectivity index (χ4n) is 3.87. The van der Waals surface area contributed by atoms with Crippen molar-refractivity contribution in [1.82, 2.24) is 19.5 Å². The summed E-state index contributed by atoms with van der Waals surface area (Å²) in [7, 11) is 0. The lowest BCUT2D eigenvalue weighted by Crippen LogP contribution is -2.36. The van der Waals surface area contributed by atoms with Gasteiger partial charge in [-0.1, -0.05) is 30.3 Å². The predicted octanol–water partition coefficient (Wildman–Crippen LogP) is 2.07. The lowest BCUT2D eigenvalue weighted by Gasteiger charge is -2.31. The standard InChI is InChI=1S/C21H27N5O3/c1-20(2,3)25-18-17-19(23-12-22-18)26(13-24-17)21(9-14-7-5-4-6-8-14)10-15(28)16(11-27)29-21/h4-8,12-13,15-16,27-28H,9-11H2,1-3H3,(H,22,23,25)/t15-,16+,21+/m0/s1. The maximum absolute atomic E-state index is 10.5. The molecule has 154 valence electrons. The van der Waals surface area contributed by atoms with E-state index in [0.717, 1.165) is 5.56 Å². The summed E-state index contributed by atoms with van der Waals surface area (Å²) in [5, 5.41) is 23.6. The summed E-state index contributed by atoms with van der Waals surface area (Å²) >= 11 is 0. The van der Waals surface area contributed by atoms with Gasteiger partial charge in [-0.3, -0.25) is 4.57 Å². The molecule has 3 aromatic rings. The van der Waals surface area contributed by atoms with E-state index in [1.807, 2.05) is 34.9 Å². The van der Waals surface area contributed by atoms with E-state index in [1.54, 1.807) is 6.33 Å². The molecule has 3 N–H and O–H groups in total. The number of aromatic nitrogens is 4. The van der Waals surface area contributed by atoms with Gasteiger partial charge in [0.1, 0.15) is 12.4 Å². The molecule has 1 aromatic carbocycles. The molecule has 0 unspecified atom stereocenters. The maximum Gasteiger partial charge on any atom is 0.167 e. The Morgan fingerprint density at radius 2 is 1.97 bits per heavy atom.